The summed E-state index contributed by atoms with van der Waals surface area (Å²) in [5.41, 5.74) is 0. The average Bonchev–Trinajstić information content (AvgIpc) is 1.86. The predicted octanol–water partition coefficient (Wildman–Crippen LogP) is 0.521. The molecule has 0 bridgehead atoms. The SMILES string of the molecule is BrB1N=CC=N1. The van der Waals surface area contributed by atoms with Gasteiger partial charge in [-0.05, 0) is 0 Å². The van der Waals surface area contributed by atoms with E-state index in [9.17, 15) is 0 Å². The van der Waals surface area contributed by atoms with Crippen LogP contribution in [0, 0.1) is 0 Å². The maximum Gasteiger partial charge on any atom is 0.492 e. The molecular weight excluding hydrogens is 143 g/mol. The van der Waals surface area contributed by atoms with Gasteiger partial charge in [0, 0.05) is 12.4 Å². The molecule has 0 N–H and O–H groups in total. The number of halogens is 1. The molecule has 1 aliphatic heterocycles. The van der Waals surface area contributed by atoms with E-state index in [1.165, 1.54) is 0 Å². The van der Waals surface area contributed by atoms with Crippen molar-refractivity contribution in [1.82, 2.24) is 0 Å². The number of hydrogen-bond donors (Lipinski definition) is 0. The summed E-state index contributed by atoms with van der Waals surface area (Å²) in [4.78, 5) is 7.61. The summed E-state index contributed by atoms with van der Waals surface area (Å²) in [5, 5.41) is 0. The average molecular weight is 145 g/mol. The van der Waals surface area contributed by atoms with Crippen LogP contribution in [0.5, 0.6) is 0 Å². The molecular formula is C2H2BBrN2. The fraction of sp³-hybridized carbons (Fsp3) is 0. The Bertz CT molecular complexity index is 87.7. The molecule has 0 radical (unpaired) electrons. The lowest BCUT2D eigenvalue weighted by atomic mass is 10.2. The smallest absolute Gasteiger partial charge is 0.309 e. The van der Waals surface area contributed by atoms with Gasteiger partial charge in [-0.3, -0.25) is 0 Å². The molecule has 0 atom stereocenters. The monoisotopic (exact) mass is 144 g/mol. The van der Waals surface area contributed by atoms with Crippen LogP contribution in [0.4, 0.5) is 0 Å². The fourth-order valence-corrected chi connectivity index (χ4v) is 0.531. The maximum atomic E-state index is 3.81. The number of hydrogen-bond acceptors (Lipinski definition) is 2. The van der Waals surface area contributed by atoms with Gasteiger partial charge in [0.15, 0.2) is 0 Å². The van der Waals surface area contributed by atoms with Crippen LogP contribution in [-0.2, 0) is 0 Å². The van der Waals surface area contributed by atoms with Crippen LogP contribution in [0.15, 0.2) is 9.81 Å². The van der Waals surface area contributed by atoms with Crippen LogP contribution in [0.25, 0.3) is 0 Å². The van der Waals surface area contributed by atoms with Crippen molar-refractivity contribution in [3.8, 4) is 0 Å². The Balaban J connectivity index is 2.60. The van der Waals surface area contributed by atoms with Gasteiger partial charge in [-0.1, -0.05) is 15.8 Å². The summed E-state index contributed by atoms with van der Waals surface area (Å²) in [6, 6.07) is 0. The lowest BCUT2D eigenvalue weighted by molar-refractivity contribution is 1.79. The minimum Gasteiger partial charge on any atom is -0.309 e. The van der Waals surface area contributed by atoms with Gasteiger partial charge in [-0.2, -0.15) is 0 Å². The second-order valence-corrected chi connectivity index (χ2v) is 1.73. The van der Waals surface area contributed by atoms with Gasteiger partial charge in [0.25, 0.3) is 0 Å². The molecule has 0 amide bonds. The van der Waals surface area contributed by atoms with Gasteiger partial charge in [0.1, 0.15) is 0 Å². The van der Waals surface area contributed by atoms with E-state index < -0.39 is 0 Å². The Kier molecular flexibility index (Phi) is 1.05. The van der Waals surface area contributed by atoms with E-state index in [1.54, 1.807) is 12.4 Å². The van der Waals surface area contributed by atoms with Gasteiger partial charge in [0.2, 0.25) is 0 Å². The van der Waals surface area contributed by atoms with Crippen molar-refractivity contribution in [3.05, 3.63) is 0 Å². The molecule has 1 aliphatic rings. The van der Waals surface area contributed by atoms with Crippen molar-refractivity contribution in [2.24, 2.45) is 9.81 Å². The summed E-state index contributed by atoms with van der Waals surface area (Å²) in [5.74, 6) is -0.00231. The molecule has 2 nitrogen and oxygen atoms in total. The van der Waals surface area contributed by atoms with E-state index in [2.05, 4.69) is 25.6 Å². The minimum atomic E-state index is -0.00231. The standard InChI is InChI=1S/C2H2BBrN2/c4-3-5-1-2-6-3/h1-2H. The number of rotatable bonds is 0. The summed E-state index contributed by atoms with van der Waals surface area (Å²) in [6.45, 7) is 0. The highest BCUT2D eigenvalue weighted by Crippen LogP contribution is 1.97. The van der Waals surface area contributed by atoms with Crippen LogP contribution < -0.4 is 0 Å². The van der Waals surface area contributed by atoms with E-state index in [0.717, 1.165) is 0 Å². The van der Waals surface area contributed by atoms with Crippen molar-refractivity contribution >= 4 is 34.0 Å². The lowest BCUT2D eigenvalue weighted by Gasteiger charge is -1.73. The van der Waals surface area contributed by atoms with Gasteiger partial charge < -0.3 is 9.81 Å². The Morgan fingerprint density at radius 1 is 1.33 bits per heavy atom. The summed E-state index contributed by atoms with van der Waals surface area (Å²) in [7, 11) is 0. The zero-order valence-electron chi connectivity index (χ0n) is 3.00. The molecule has 0 aromatic rings. The van der Waals surface area contributed by atoms with Crippen molar-refractivity contribution < 1.29 is 0 Å². The topological polar surface area (TPSA) is 24.7 Å². The molecule has 1 heterocycles. The molecule has 6 heavy (non-hydrogen) atoms. The molecule has 4 heteroatoms. The first-order valence-corrected chi connectivity index (χ1v) is 2.50. The van der Waals surface area contributed by atoms with Crippen LogP contribution in [-0.4, -0.2) is 18.2 Å². The van der Waals surface area contributed by atoms with E-state index in [-0.39, 0.29) is 5.81 Å². The molecule has 30 valence electrons. The Morgan fingerprint density at radius 3 is 2.00 bits per heavy atom. The first kappa shape index (κ1) is 4.05. The van der Waals surface area contributed by atoms with E-state index in [0.29, 0.717) is 0 Å². The van der Waals surface area contributed by atoms with E-state index in [1.807, 2.05) is 0 Å². The highest BCUT2D eigenvalue weighted by molar-refractivity contribution is 9.24. The second-order valence-electron chi connectivity index (χ2n) is 0.907. The highest BCUT2D eigenvalue weighted by atomic mass is 79.9. The molecule has 0 spiro atoms. The maximum absolute atomic E-state index is 3.81. The van der Waals surface area contributed by atoms with E-state index in [4.69, 9.17) is 0 Å². The third-order valence-electron chi connectivity index (χ3n) is 0.485. The quantitative estimate of drug-likeness (QED) is 0.443. The lowest BCUT2D eigenvalue weighted by Crippen LogP contribution is -1.84. The summed E-state index contributed by atoms with van der Waals surface area (Å²) in [6.07, 6.45) is 3.33. The van der Waals surface area contributed by atoms with Crippen molar-refractivity contribution in [2.75, 3.05) is 0 Å². The van der Waals surface area contributed by atoms with Gasteiger partial charge in [-0.15, -0.1) is 0 Å². The zero-order chi connectivity index (χ0) is 4.41. The minimum absolute atomic E-state index is 0.00231. The van der Waals surface area contributed by atoms with Gasteiger partial charge in [-0.25, -0.2) is 0 Å². The molecule has 0 aliphatic carbocycles. The van der Waals surface area contributed by atoms with Gasteiger partial charge in [0.05, 0.1) is 0 Å². The van der Waals surface area contributed by atoms with Gasteiger partial charge >= 0.3 is 5.81 Å². The Labute approximate surface area is 44.5 Å². The molecule has 0 aromatic carbocycles. The normalized spacial score (nSPS) is 17.2. The van der Waals surface area contributed by atoms with Crippen molar-refractivity contribution in [1.29, 1.82) is 0 Å². The molecule has 0 fully saturated rings. The number of nitrogens with zero attached hydrogens (tertiary/aromatic N) is 2. The zero-order valence-corrected chi connectivity index (χ0v) is 4.59. The predicted molar refractivity (Wildman–Crippen MR) is 31.7 cm³/mol. The third-order valence-corrected chi connectivity index (χ3v) is 0.958. The molecule has 1 rings (SSSR count). The second kappa shape index (κ2) is 1.56. The molecule has 0 aromatic heterocycles. The van der Waals surface area contributed by atoms with Crippen LogP contribution in [0.2, 0.25) is 0 Å². The van der Waals surface area contributed by atoms with Crippen LogP contribution >= 0.6 is 15.8 Å². The Morgan fingerprint density at radius 2 is 1.83 bits per heavy atom. The first-order valence-electron chi connectivity index (χ1n) is 1.58. The van der Waals surface area contributed by atoms with Crippen LogP contribution in [0.3, 0.4) is 0 Å². The fourth-order valence-electron chi connectivity index (χ4n) is 0.258. The Hall–Kier alpha value is -0.115. The van der Waals surface area contributed by atoms with Crippen LogP contribution in [0.1, 0.15) is 0 Å². The third kappa shape index (κ3) is 0.682. The molecule has 0 saturated carbocycles. The summed E-state index contributed by atoms with van der Waals surface area (Å²) < 4.78 is 0. The van der Waals surface area contributed by atoms with Crippen molar-refractivity contribution in [3.63, 3.8) is 0 Å². The largest absolute Gasteiger partial charge is 0.492 e. The van der Waals surface area contributed by atoms with Crippen molar-refractivity contribution in [2.45, 2.75) is 0 Å². The molecule has 0 saturated heterocycles. The van der Waals surface area contributed by atoms with E-state index >= 15 is 0 Å². The molecule has 0 unspecified atom stereocenters. The first-order chi connectivity index (χ1) is 2.89. The summed E-state index contributed by atoms with van der Waals surface area (Å²) >= 11 is 3.14. The highest BCUT2D eigenvalue weighted by Gasteiger charge is 2.04.